The van der Waals surface area contributed by atoms with E-state index in [0.29, 0.717) is 12.5 Å². The number of amides is 1. The zero-order valence-corrected chi connectivity index (χ0v) is 14.8. The Morgan fingerprint density at radius 1 is 1.43 bits per heavy atom. The van der Waals surface area contributed by atoms with Gasteiger partial charge in [-0.1, -0.05) is 25.0 Å². The highest BCUT2D eigenvalue weighted by Crippen LogP contribution is 2.43. The van der Waals surface area contributed by atoms with Crippen LogP contribution in [0.15, 0.2) is 18.2 Å². The molecule has 0 radical (unpaired) electrons. The van der Waals surface area contributed by atoms with Crippen LogP contribution >= 0.6 is 12.4 Å². The molecule has 1 amide bonds. The van der Waals surface area contributed by atoms with Gasteiger partial charge in [-0.05, 0) is 49.4 Å². The zero-order valence-electron chi connectivity index (χ0n) is 14.0. The van der Waals surface area contributed by atoms with Gasteiger partial charge in [-0.15, -0.1) is 12.4 Å². The summed E-state index contributed by atoms with van der Waals surface area (Å²) in [5.41, 5.74) is 2.03. The molecular formula is C18H27ClN2O2. The van der Waals surface area contributed by atoms with Gasteiger partial charge in [0.05, 0.1) is 12.5 Å². The van der Waals surface area contributed by atoms with Gasteiger partial charge >= 0.3 is 0 Å². The van der Waals surface area contributed by atoms with E-state index in [0.717, 1.165) is 36.4 Å². The van der Waals surface area contributed by atoms with Gasteiger partial charge in [0.2, 0.25) is 5.91 Å². The molecule has 1 aliphatic carbocycles. The van der Waals surface area contributed by atoms with E-state index in [1.807, 2.05) is 19.1 Å². The third-order valence-corrected chi connectivity index (χ3v) is 5.42. The van der Waals surface area contributed by atoms with Crippen molar-refractivity contribution in [2.75, 3.05) is 20.2 Å². The lowest BCUT2D eigenvalue weighted by atomic mass is 9.67. The quantitative estimate of drug-likeness (QED) is 0.887. The number of hydrogen-bond donors (Lipinski definition) is 2. The Kier molecular flexibility index (Phi) is 5.93. The summed E-state index contributed by atoms with van der Waals surface area (Å²) >= 11 is 0. The van der Waals surface area contributed by atoms with Crippen LogP contribution in [0.3, 0.4) is 0 Å². The maximum atomic E-state index is 12.8. The summed E-state index contributed by atoms with van der Waals surface area (Å²) in [5.74, 6) is 1.61. The molecule has 4 nitrogen and oxygen atoms in total. The second kappa shape index (κ2) is 7.54. The van der Waals surface area contributed by atoms with Crippen molar-refractivity contribution in [1.82, 2.24) is 10.6 Å². The topological polar surface area (TPSA) is 50.4 Å². The maximum Gasteiger partial charge on any atom is 0.228 e. The van der Waals surface area contributed by atoms with Gasteiger partial charge in [0.15, 0.2) is 0 Å². The molecule has 1 saturated heterocycles. The van der Waals surface area contributed by atoms with E-state index in [9.17, 15) is 4.79 Å². The number of carbonyl (C=O) groups excluding carboxylic acids is 1. The standard InChI is InChI=1S/C18H26N2O2.ClH/c1-13-6-7-14(9-16(13)22-2)10-20-17(21)18-8-4-3-5-15(18)11-19-12-18;/h6-7,9,15,19H,3-5,8,10-12H2,1-2H3,(H,20,21);1H/t15-,18+;/m0./s1. The second-order valence-electron chi connectivity index (χ2n) is 6.72. The van der Waals surface area contributed by atoms with Gasteiger partial charge in [-0.2, -0.15) is 0 Å². The third-order valence-electron chi connectivity index (χ3n) is 5.42. The van der Waals surface area contributed by atoms with Crippen molar-refractivity contribution in [2.45, 2.75) is 39.2 Å². The molecule has 2 aliphatic rings. The first-order valence-electron chi connectivity index (χ1n) is 8.28. The van der Waals surface area contributed by atoms with Gasteiger partial charge < -0.3 is 15.4 Å². The molecule has 0 aromatic heterocycles. The van der Waals surface area contributed by atoms with Crippen LogP contribution in [0, 0.1) is 18.3 Å². The zero-order chi connectivity index (χ0) is 15.6. The fourth-order valence-corrected chi connectivity index (χ4v) is 4.02. The van der Waals surface area contributed by atoms with Crippen LogP contribution in [-0.4, -0.2) is 26.1 Å². The van der Waals surface area contributed by atoms with Crippen molar-refractivity contribution in [3.8, 4) is 5.75 Å². The van der Waals surface area contributed by atoms with E-state index in [1.54, 1.807) is 7.11 Å². The summed E-state index contributed by atoms with van der Waals surface area (Å²) in [5, 5.41) is 6.60. The molecule has 0 spiro atoms. The Morgan fingerprint density at radius 2 is 2.26 bits per heavy atom. The van der Waals surface area contributed by atoms with Crippen LogP contribution in [0.25, 0.3) is 0 Å². The van der Waals surface area contributed by atoms with Crippen LogP contribution in [0.5, 0.6) is 5.75 Å². The Balaban J connectivity index is 0.00000192. The van der Waals surface area contributed by atoms with Crippen LogP contribution in [0.4, 0.5) is 0 Å². The molecule has 2 N–H and O–H groups in total. The number of methoxy groups -OCH3 is 1. The molecule has 5 heteroatoms. The Labute approximate surface area is 144 Å². The highest BCUT2D eigenvalue weighted by Gasteiger charge is 2.49. The first-order valence-corrected chi connectivity index (χ1v) is 8.28. The van der Waals surface area contributed by atoms with Crippen LogP contribution < -0.4 is 15.4 Å². The largest absolute Gasteiger partial charge is 0.496 e. The molecule has 0 bridgehead atoms. The normalized spacial score (nSPS) is 26.1. The first-order chi connectivity index (χ1) is 10.7. The van der Waals surface area contributed by atoms with Crippen molar-refractivity contribution in [3.63, 3.8) is 0 Å². The van der Waals surface area contributed by atoms with Gasteiger partial charge in [0.25, 0.3) is 0 Å². The van der Waals surface area contributed by atoms with E-state index >= 15 is 0 Å². The molecule has 0 unspecified atom stereocenters. The minimum Gasteiger partial charge on any atom is -0.496 e. The van der Waals surface area contributed by atoms with E-state index in [4.69, 9.17) is 4.74 Å². The summed E-state index contributed by atoms with van der Waals surface area (Å²) in [6.07, 6.45) is 4.63. The molecule has 128 valence electrons. The molecule has 23 heavy (non-hydrogen) atoms. The summed E-state index contributed by atoms with van der Waals surface area (Å²) in [4.78, 5) is 12.8. The smallest absolute Gasteiger partial charge is 0.228 e. The Hall–Kier alpha value is -1.26. The van der Waals surface area contributed by atoms with Crippen molar-refractivity contribution in [2.24, 2.45) is 11.3 Å². The molecule has 1 aromatic carbocycles. The first kappa shape index (κ1) is 18.1. The summed E-state index contributed by atoms with van der Waals surface area (Å²) in [7, 11) is 1.68. The number of aryl methyl sites for hydroxylation is 1. The predicted octanol–water partition coefficient (Wildman–Crippen LogP) is 2.82. The van der Waals surface area contributed by atoms with E-state index in [2.05, 4.69) is 16.7 Å². The highest BCUT2D eigenvalue weighted by molar-refractivity contribution is 5.85. The predicted molar refractivity (Wildman–Crippen MR) is 94.1 cm³/mol. The fraction of sp³-hybridized carbons (Fsp3) is 0.611. The van der Waals surface area contributed by atoms with Crippen LogP contribution in [0.1, 0.15) is 36.8 Å². The van der Waals surface area contributed by atoms with Crippen LogP contribution in [0.2, 0.25) is 0 Å². The number of hydrogen-bond acceptors (Lipinski definition) is 3. The minimum atomic E-state index is -0.174. The van der Waals surface area contributed by atoms with Gasteiger partial charge in [-0.25, -0.2) is 0 Å². The van der Waals surface area contributed by atoms with Crippen LogP contribution in [-0.2, 0) is 11.3 Å². The number of rotatable bonds is 4. The van der Waals surface area contributed by atoms with Crippen molar-refractivity contribution >= 4 is 18.3 Å². The Bertz CT molecular complexity index is 564. The highest BCUT2D eigenvalue weighted by atomic mass is 35.5. The number of benzene rings is 1. The number of halogens is 1. The molecule has 2 atom stereocenters. The summed E-state index contributed by atoms with van der Waals surface area (Å²) in [6, 6.07) is 6.11. The van der Waals surface area contributed by atoms with Gasteiger partial charge in [-0.3, -0.25) is 4.79 Å². The summed E-state index contributed by atoms with van der Waals surface area (Å²) < 4.78 is 5.35. The number of carbonyl (C=O) groups is 1. The lowest BCUT2D eigenvalue weighted by Crippen LogP contribution is -2.47. The SMILES string of the molecule is COc1cc(CNC(=O)[C@@]23CCCC[C@H]2CNC3)ccc1C.Cl. The molecular weight excluding hydrogens is 312 g/mol. The lowest BCUT2D eigenvalue weighted by Gasteiger charge is -2.37. The molecule has 1 heterocycles. The van der Waals surface area contributed by atoms with E-state index in [-0.39, 0.29) is 23.7 Å². The lowest BCUT2D eigenvalue weighted by molar-refractivity contribution is -0.134. The molecule has 1 saturated carbocycles. The van der Waals surface area contributed by atoms with Gasteiger partial charge in [0, 0.05) is 13.1 Å². The molecule has 2 fully saturated rings. The van der Waals surface area contributed by atoms with Crippen molar-refractivity contribution < 1.29 is 9.53 Å². The average Bonchev–Trinajstić information content (AvgIpc) is 2.99. The average molecular weight is 339 g/mol. The molecule has 1 aliphatic heterocycles. The van der Waals surface area contributed by atoms with Crippen molar-refractivity contribution in [1.29, 1.82) is 0 Å². The summed E-state index contributed by atoms with van der Waals surface area (Å²) in [6.45, 7) is 4.42. The fourth-order valence-electron chi connectivity index (χ4n) is 4.02. The Morgan fingerprint density at radius 3 is 3.04 bits per heavy atom. The van der Waals surface area contributed by atoms with E-state index < -0.39 is 0 Å². The van der Waals surface area contributed by atoms with Crippen molar-refractivity contribution in [3.05, 3.63) is 29.3 Å². The molecule has 3 rings (SSSR count). The minimum absolute atomic E-state index is 0. The molecule has 1 aromatic rings. The maximum absolute atomic E-state index is 12.8. The number of fused-ring (bicyclic) bond motifs is 1. The number of nitrogens with one attached hydrogen (secondary N) is 2. The third kappa shape index (κ3) is 3.48. The van der Waals surface area contributed by atoms with Gasteiger partial charge in [0.1, 0.15) is 5.75 Å². The second-order valence-corrected chi connectivity index (χ2v) is 6.72. The monoisotopic (exact) mass is 338 g/mol. The number of ether oxygens (including phenoxy) is 1. The van der Waals surface area contributed by atoms with E-state index in [1.165, 1.54) is 19.3 Å².